The first-order valence-corrected chi connectivity index (χ1v) is 6.89. The minimum absolute atomic E-state index is 0. The minimum Gasteiger partial charge on any atom is -0.391 e. The third-order valence-electron chi connectivity index (χ3n) is 3.76. The van der Waals surface area contributed by atoms with Crippen LogP contribution in [0, 0.1) is 0 Å². The Hall–Kier alpha value is -1.10. The molecule has 0 saturated heterocycles. The summed E-state index contributed by atoms with van der Waals surface area (Å²) in [5.41, 5.74) is 6.39. The van der Waals surface area contributed by atoms with E-state index in [4.69, 9.17) is 5.73 Å². The summed E-state index contributed by atoms with van der Waals surface area (Å²) in [6.07, 6.45) is 3.48. The average molecular weight is 299 g/mol. The van der Waals surface area contributed by atoms with E-state index in [1.807, 2.05) is 30.3 Å². The highest BCUT2D eigenvalue weighted by atomic mass is 35.5. The molecule has 5 heteroatoms. The van der Waals surface area contributed by atoms with Crippen molar-refractivity contribution in [3.63, 3.8) is 0 Å². The summed E-state index contributed by atoms with van der Waals surface area (Å²) in [4.78, 5) is 12.0. The van der Waals surface area contributed by atoms with Gasteiger partial charge in [-0.1, -0.05) is 43.2 Å². The lowest BCUT2D eigenvalue weighted by Gasteiger charge is -2.23. The van der Waals surface area contributed by atoms with Crippen LogP contribution < -0.4 is 11.1 Å². The van der Waals surface area contributed by atoms with Crippen LogP contribution in [0.2, 0.25) is 0 Å². The second-order valence-corrected chi connectivity index (χ2v) is 5.42. The van der Waals surface area contributed by atoms with Gasteiger partial charge in [0.05, 0.1) is 11.6 Å². The van der Waals surface area contributed by atoms with Gasteiger partial charge in [0.25, 0.3) is 0 Å². The van der Waals surface area contributed by atoms with Crippen molar-refractivity contribution in [2.24, 2.45) is 5.73 Å². The molecule has 1 fully saturated rings. The van der Waals surface area contributed by atoms with Crippen molar-refractivity contribution in [3.8, 4) is 0 Å². The standard InChI is InChI=1S/C15H22N2O2.ClH/c16-15(8-4-5-9-15)14(19)17-11-13(18)10-12-6-2-1-3-7-12;/h1-3,6-7,13,18H,4-5,8-11,16H2,(H,17,19);1H. The molecule has 1 aliphatic rings. The maximum absolute atomic E-state index is 12.0. The lowest BCUT2D eigenvalue weighted by Crippen LogP contribution is -2.53. The fourth-order valence-corrected chi connectivity index (χ4v) is 2.58. The molecular formula is C15H23ClN2O2. The first-order valence-electron chi connectivity index (χ1n) is 6.89. The third-order valence-corrected chi connectivity index (χ3v) is 3.76. The highest BCUT2D eigenvalue weighted by molar-refractivity contribution is 5.86. The normalized spacial score (nSPS) is 18.1. The number of halogens is 1. The summed E-state index contributed by atoms with van der Waals surface area (Å²) < 4.78 is 0. The minimum atomic E-state index is -0.716. The van der Waals surface area contributed by atoms with E-state index in [2.05, 4.69) is 5.32 Å². The van der Waals surface area contributed by atoms with Crippen LogP contribution in [0.4, 0.5) is 0 Å². The van der Waals surface area contributed by atoms with E-state index in [0.717, 1.165) is 31.2 Å². The van der Waals surface area contributed by atoms with E-state index >= 15 is 0 Å². The fraction of sp³-hybridized carbons (Fsp3) is 0.533. The van der Waals surface area contributed by atoms with Gasteiger partial charge in [-0.3, -0.25) is 4.79 Å². The van der Waals surface area contributed by atoms with E-state index < -0.39 is 11.6 Å². The number of benzene rings is 1. The van der Waals surface area contributed by atoms with Crippen LogP contribution in [0.3, 0.4) is 0 Å². The Bertz CT molecular complexity index is 419. The molecular weight excluding hydrogens is 276 g/mol. The van der Waals surface area contributed by atoms with Crippen LogP contribution in [0.25, 0.3) is 0 Å². The van der Waals surface area contributed by atoms with E-state index in [0.29, 0.717) is 6.42 Å². The van der Waals surface area contributed by atoms with Crippen LogP contribution in [-0.2, 0) is 11.2 Å². The van der Waals surface area contributed by atoms with Gasteiger partial charge in [-0.25, -0.2) is 0 Å². The zero-order chi connectivity index (χ0) is 13.7. The Kier molecular flexibility index (Phi) is 6.46. The Morgan fingerprint density at radius 1 is 1.30 bits per heavy atom. The maximum Gasteiger partial charge on any atom is 0.240 e. The lowest BCUT2D eigenvalue weighted by molar-refractivity contribution is -0.126. The Balaban J connectivity index is 0.00000200. The number of hydrogen-bond donors (Lipinski definition) is 3. The number of hydrogen-bond acceptors (Lipinski definition) is 3. The summed E-state index contributed by atoms with van der Waals surface area (Å²) in [6, 6.07) is 9.75. The van der Waals surface area contributed by atoms with Gasteiger partial charge in [0.1, 0.15) is 0 Å². The summed E-state index contributed by atoms with van der Waals surface area (Å²) in [5, 5.41) is 12.7. The molecule has 0 bridgehead atoms. The summed E-state index contributed by atoms with van der Waals surface area (Å²) in [6.45, 7) is 0.257. The highest BCUT2D eigenvalue weighted by Crippen LogP contribution is 2.27. The predicted molar refractivity (Wildman–Crippen MR) is 81.8 cm³/mol. The summed E-state index contributed by atoms with van der Waals surface area (Å²) in [5.74, 6) is -0.128. The molecule has 112 valence electrons. The molecule has 4 N–H and O–H groups in total. The van der Waals surface area contributed by atoms with Gasteiger partial charge < -0.3 is 16.2 Å². The van der Waals surface area contributed by atoms with Gasteiger partial charge in [0.2, 0.25) is 5.91 Å². The molecule has 0 aromatic heterocycles. The molecule has 1 aromatic carbocycles. The van der Waals surface area contributed by atoms with Gasteiger partial charge in [0.15, 0.2) is 0 Å². The van der Waals surface area contributed by atoms with Gasteiger partial charge in [-0.15, -0.1) is 12.4 Å². The van der Waals surface area contributed by atoms with Crippen molar-refractivity contribution in [2.75, 3.05) is 6.54 Å². The van der Waals surface area contributed by atoms with Gasteiger partial charge in [-0.05, 0) is 18.4 Å². The second-order valence-electron chi connectivity index (χ2n) is 5.42. The van der Waals surface area contributed by atoms with Crippen molar-refractivity contribution >= 4 is 18.3 Å². The summed E-state index contributed by atoms with van der Waals surface area (Å²) >= 11 is 0. The Labute approximate surface area is 126 Å². The Morgan fingerprint density at radius 2 is 1.90 bits per heavy atom. The molecule has 0 heterocycles. The molecule has 1 unspecified atom stereocenters. The molecule has 0 radical (unpaired) electrons. The monoisotopic (exact) mass is 298 g/mol. The number of nitrogens with one attached hydrogen (secondary N) is 1. The Morgan fingerprint density at radius 3 is 2.50 bits per heavy atom. The highest BCUT2D eigenvalue weighted by Gasteiger charge is 2.36. The zero-order valence-electron chi connectivity index (χ0n) is 11.5. The smallest absolute Gasteiger partial charge is 0.240 e. The molecule has 1 saturated carbocycles. The predicted octanol–water partition coefficient (Wildman–Crippen LogP) is 1.40. The summed E-state index contributed by atoms with van der Waals surface area (Å²) in [7, 11) is 0. The van der Waals surface area contributed by atoms with E-state index in [1.54, 1.807) is 0 Å². The fourth-order valence-electron chi connectivity index (χ4n) is 2.58. The average Bonchev–Trinajstić information content (AvgIpc) is 2.85. The number of nitrogens with two attached hydrogens (primary N) is 1. The van der Waals surface area contributed by atoms with Crippen LogP contribution in [0.5, 0.6) is 0 Å². The number of rotatable bonds is 5. The van der Waals surface area contributed by atoms with Crippen molar-refractivity contribution in [2.45, 2.75) is 43.7 Å². The number of amides is 1. The van der Waals surface area contributed by atoms with Crippen molar-refractivity contribution < 1.29 is 9.90 Å². The SMILES string of the molecule is Cl.NC1(C(=O)NCC(O)Cc2ccccc2)CCCC1. The number of carbonyl (C=O) groups excluding carboxylic acids is 1. The number of aliphatic hydroxyl groups is 1. The molecule has 0 aliphatic heterocycles. The van der Waals surface area contributed by atoms with Crippen LogP contribution >= 0.6 is 12.4 Å². The maximum atomic E-state index is 12.0. The van der Waals surface area contributed by atoms with Crippen molar-refractivity contribution in [3.05, 3.63) is 35.9 Å². The molecule has 1 amide bonds. The first-order chi connectivity index (χ1) is 9.10. The molecule has 1 aromatic rings. The molecule has 20 heavy (non-hydrogen) atoms. The first kappa shape index (κ1) is 17.0. The molecule has 1 aliphatic carbocycles. The number of aliphatic hydroxyl groups excluding tert-OH is 1. The van der Waals surface area contributed by atoms with E-state index in [1.165, 1.54) is 0 Å². The molecule has 2 rings (SSSR count). The van der Waals surface area contributed by atoms with Crippen LogP contribution in [0.1, 0.15) is 31.2 Å². The van der Waals surface area contributed by atoms with Gasteiger partial charge >= 0.3 is 0 Å². The van der Waals surface area contributed by atoms with Crippen molar-refractivity contribution in [1.82, 2.24) is 5.32 Å². The van der Waals surface area contributed by atoms with Crippen molar-refractivity contribution in [1.29, 1.82) is 0 Å². The van der Waals surface area contributed by atoms with E-state index in [9.17, 15) is 9.90 Å². The van der Waals surface area contributed by atoms with Gasteiger partial charge in [0, 0.05) is 13.0 Å². The molecule has 1 atom stereocenters. The van der Waals surface area contributed by atoms with E-state index in [-0.39, 0.29) is 24.9 Å². The topological polar surface area (TPSA) is 75.4 Å². The largest absolute Gasteiger partial charge is 0.391 e. The zero-order valence-corrected chi connectivity index (χ0v) is 12.4. The molecule has 4 nitrogen and oxygen atoms in total. The lowest BCUT2D eigenvalue weighted by atomic mass is 9.98. The number of carbonyl (C=O) groups is 1. The molecule has 0 spiro atoms. The van der Waals surface area contributed by atoms with Crippen LogP contribution in [0.15, 0.2) is 30.3 Å². The quantitative estimate of drug-likeness (QED) is 0.769. The second kappa shape index (κ2) is 7.62. The van der Waals surface area contributed by atoms with Crippen LogP contribution in [-0.4, -0.2) is 29.2 Å². The van der Waals surface area contributed by atoms with Gasteiger partial charge in [-0.2, -0.15) is 0 Å². The third kappa shape index (κ3) is 4.47.